The van der Waals surface area contributed by atoms with E-state index in [0.29, 0.717) is 6.42 Å². The lowest BCUT2D eigenvalue weighted by Crippen LogP contribution is -2.47. The van der Waals surface area contributed by atoms with Crippen LogP contribution in [0.2, 0.25) is 0 Å². The van der Waals surface area contributed by atoms with Gasteiger partial charge >= 0.3 is 0 Å². The van der Waals surface area contributed by atoms with E-state index in [4.69, 9.17) is 0 Å². The monoisotopic (exact) mass is 308 g/mol. The van der Waals surface area contributed by atoms with Crippen molar-refractivity contribution in [1.82, 2.24) is 5.32 Å². The van der Waals surface area contributed by atoms with Gasteiger partial charge in [0.15, 0.2) is 0 Å². The van der Waals surface area contributed by atoms with Gasteiger partial charge in [-0.1, -0.05) is 0 Å². The lowest BCUT2D eigenvalue weighted by Gasteiger charge is -2.21. The second-order valence-electron chi connectivity index (χ2n) is 5.34. The number of thiophene rings is 1. The molecule has 1 N–H and O–H groups in total. The Kier molecular flexibility index (Phi) is 5.11. The lowest BCUT2D eigenvalue weighted by molar-refractivity contribution is -0.122. The Balaban J connectivity index is 1.78. The van der Waals surface area contributed by atoms with Gasteiger partial charge in [-0.3, -0.25) is 4.79 Å². The second-order valence-corrected chi connectivity index (χ2v) is 7.90. The minimum absolute atomic E-state index is 0.0126. The number of rotatable bonds is 5. The number of nitrogens with one attached hydrogen (secondary N) is 1. The molecule has 1 aliphatic heterocycles. The van der Waals surface area contributed by atoms with E-state index in [1.54, 1.807) is 11.8 Å². The fraction of sp³-hybridized carbons (Fsp3) is 0.600. The predicted molar refractivity (Wildman–Crippen MR) is 85.2 cm³/mol. The van der Waals surface area contributed by atoms with Crippen molar-refractivity contribution >= 4 is 29.0 Å². The Hall–Kier alpha value is -0.990. The van der Waals surface area contributed by atoms with Gasteiger partial charge in [0.1, 0.15) is 5.54 Å². The van der Waals surface area contributed by atoms with Crippen LogP contribution in [0.5, 0.6) is 0 Å². The Morgan fingerprint density at radius 2 is 2.35 bits per heavy atom. The van der Waals surface area contributed by atoms with E-state index in [-0.39, 0.29) is 5.91 Å². The number of hydrogen-bond acceptors (Lipinski definition) is 4. The summed E-state index contributed by atoms with van der Waals surface area (Å²) in [6, 6.07) is 4.49. The van der Waals surface area contributed by atoms with E-state index in [1.807, 2.05) is 11.3 Å². The number of nitrogens with zero attached hydrogens (tertiary/aromatic N) is 1. The number of amides is 1. The van der Waals surface area contributed by atoms with Gasteiger partial charge in [-0.2, -0.15) is 17.0 Å². The molecule has 0 unspecified atom stereocenters. The summed E-state index contributed by atoms with van der Waals surface area (Å²) in [5.41, 5.74) is 0.739. The number of hydrogen-bond donors (Lipinski definition) is 1. The molecule has 0 aliphatic carbocycles. The van der Waals surface area contributed by atoms with Gasteiger partial charge in [0.25, 0.3) is 0 Å². The molecule has 3 nitrogen and oxygen atoms in total. The van der Waals surface area contributed by atoms with Crippen LogP contribution in [0.4, 0.5) is 0 Å². The molecule has 1 aromatic rings. The van der Waals surface area contributed by atoms with Crippen molar-refractivity contribution < 1.29 is 4.79 Å². The van der Waals surface area contributed by atoms with Crippen molar-refractivity contribution in [2.45, 2.75) is 45.1 Å². The molecule has 2 heterocycles. The molecule has 108 valence electrons. The first-order valence-electron chi connectivity index (χ1n) is 6.90. The highest BCUT2D eigenvalue weighted by atomic mass is 32.2. The van der Waals surface area contributed by atoms with Gasteiger partial charge in [0.2, 0.25) is 5.91 Å². The molecule has 1 aromatic heterocycles. The Morgan fingerprint density at radius 3 is 2.90 bits per heavy atom. The van der Waals surface area contributed by atoms with E-state index in [1.165, 1.54) is 15.3 Å². The van der Waals surface area contributed by atoms with Crippen LogP contribution in [0.15, 0.2) is 6.07 Å². The SMILES string of the molecule is Cc1cc(CCCC(=O)N[C@]2(C#N)CCSC2)c(C)s1. The third kappa shape index (κ3) is 3.77. The molecule has 1 saturated heterocycles. The summed E-state index contributed by atoms with van der Waals surface area (Å²) in [5.74, 6) is 1.69. The third-order valence-electron chi connectivity index (χ3n) is 3.61. The largest absolute Gasteiger partial charge is 0.337 e. The second kappa shape index (κ2) is 6.64. The number of nitriles is 1. The molecule has 1 atom stereocenters. The van der Waals surface area contributed by atoms with Crippen LogP contribution in [-0.2, 0) is 11.2 Å². The van der Waals surface area contributed by atoms with Gasteiger partial charge in [-0.05, 0) is 50.5 Å². The van der Waals surface area contributed by atoms with Crippen LogP contribution in [0.25, 0.3) is 0 Å². The van der Waals surface area contributed by atoms with Crippen LogP contribution in [0.3, 0.4) is 0 Å². The van der Waals surface area contributed by atoms with Gasteiger partial charge in [0, 0.05) is 21.9 Å². The fourth-order valence-electron chi connectivity index (χ4n) is 2.48. The molecular formula is C15H20N2OS2. The average Bonchev–Trinajstić information content (AvgIpc) is 2.98. The normalized spacial score (nSPS) is 21.6. The van der Waals surface area contributed by atoms with Crippen molar-refractivity contribution in [2.75, 3.05) is 11.5 Å². The Labute approximate surface area is 128 Å². The summed E-state index contributed by atoms with van der Waals surface area (Å²) in [5, 5.41) is 12.2. The average molecular weight is 308 g/mol. The highest BCUT2D eigenvalue weighted by molar-refractivity contribution is 7.99. The van der Waals surface area contributed by atoms with E-state index in [2.05, 4.69) is 31.3 Å². The zero-order valence-corrected chi connectivity index (χ0v) is 13.6. The van der Waals surface area contributed by atoms with Crippen LogP contribution < -0.4 is 5.32 Å². The molecule has 20 heavy (non-hydrogen) atoms. The lowest BCUT2D eigenvalue weighted by atomic mass is 10.0. The van der Waals surface area contributed by atoms with E-state index in [0.717, 1.165) is 30.8 Å². The zero-order valence-electron chi connectivity index (χ0n) is 12.0. The van der Waals surface area contributed by atoms with Gasteiger partial charge in [0.05, 0.1) is 6.07 Å². The maximum absolute atomic E-state index is 12.0. The van der Waals surface area contributed by atoms with Gasteiger partial charge in [-0.15, -0.1) is 11.3 Å². The molecule has 1 aliphatic rings. The van der Waals surface area contributed by atoms with E-state index < -0.39 is 5.54 Å². The minimum atomic E-state index is -0.614. The molecule has 5 heteroatoms. The summed E-state index contributed by atoms with van der Waals surface area (Å²) in [4.78, 5) is 14.7. The first-order valence-corrected chi connectivity index (χ1v) is 8.88. The molecule has 0 aromatic carbocycles. The van der Waals surface area contributed by atoms with Gasteiger partial charge in [-0.25, -0.2) is 0 Å². The number of carbonyl (C=O) groups is 1. The Bertz CT molecular complexity index is 524. The highest BCUT2D eigenvalue weighted by Gasteiger charge is 2.35. The molecule has 0 bridgehead atoms. The van der Waals surface area contributed by atoms with Crippen molar-refractivity contribution in [3.05, 3.63) is 21.4 Å². The number of thioether (sulfide) groups is 1. The zero-order chi connectivity index (χ0) is 14.6. The standard InChI is InChI=1S/C15H20N2OS2/c1-11-8-13(12(2)20-11)4-3-5-14(18)17-15(9-16)6-7-19-10-15/h8H,3-7,10H2,1-2H3,(H,17,18)/t15-/m0/s1. The molecule has 0 saturated carbocycles. The smallest absolute Gasteiger partial charge is 0.221 e. The summed E-state index contributed by atoms with van der Waals surface area (Å²) in [6.45, 7) is 4.25. The third-order valence-corrected chi connectivity index (χ3v) is 5.81. The number of carbonyl (C=O) groups excluding carboxylic acids is 1. The highest BCUT2D eigenvalue weighted by Crippen LogP contribution is 2.27. The molecule has 2 rings (SSSR count). The molecule has 0 radical (unpaired) electrons. The van der Waals surface area contributed by atoms with Gasteiger partial charge < -0.3 is 5.32 Å². The maximum Gasteiger partial charge on any atom is 0.221 e. The topological polar surface area (TPSA) is 52.9 Å². The first kappa shape index (κ1) is 15.4. The molecular weight excluding hydrogens is 288 g/mol. The van der Waals surface area contributed by atoms with Crippen molar-refractivity contribution in [3.63, 3.8) is 0 Å². The summed E-state index contributed by atoms with van der Waals surface area (Å²) >= 11 is 3.55. The van der Waals surface area contributed by atoms with E-state index >= 15 is 0 Å². The van der Waals surface area contributed by atoms with E-state index in [9.17, 15) is 10.1 Å². The predicted octanol–water partition coefficient (Wildman–Crippen LogP) is 3.20. The van der Waals surface area contributed by atoms with Crippen molar-refractivity contribution in [1.29, 1.82) is 5.26 Å². The minimum Gasteiger partial charge on any atom is -0.337 e. The molecule has 0 spiro atoms. The summed E-state index contributed by atoms with van der Waals surface area (Å²) < 4.78 is 0. The molecule has 1 fully saturated rings. The fourth-order valence-corrected chi connectivity index (χ4v) is 4.72. The van der Waals surface area contributed by atoms with Crippen molar-refractivity contribution in [3.8, 4) is 6.07 Å². The Morgan fingerprint density at radius 1 is 1.55 bits per heavy atom. The quantitative estimate of drug-likeness (QED) is 0.909. The summed E-state index contributed by atoms with van der Waals surface area (Å²) in [6.07, 6.45) is 3.06. The molecule has 1 amide bonds. The number of aryl methyl sites for hydroxylation is 3. The van der Waals surface area contributed by atoms with Crippen molar-refractivity contribution in [2.24, 2.45) is 0 Å². The summed E-state index contributed by atoms with van der Waals surface area (Å²) in [7, 11) is 0. The van der Waals surface area contributed by atoms with Crippen LogP contribution >= 0.6 is 23.1 Å². The maximum atomic E-state index is 12.0. The van der Waals surface area contributed by atoms with Crippen LogP contribution in [0.1, 0.15) is 34.6 Å². The first-order chi connectivity index (χ1) is 9.54. The van der Waals surface area contributed by atoms with Crippen LogP contribution in [0, 0.1) is 25.2 Å². The van der Waals surface area contributed by atoms with Crippen LogP contribution in [-0.4, -0.2) is 23.0 Å².